The van der Waals surface area contributed by atoms with E-state index >= 15 is 0 Å². The van der Waals surface area contributed by atoms with Crippen LogP contribution >= 0.6 is 11.8 Å². The Morgan fingerprint density at radius 3 is 1.79 bits per heavy atom. The predicted molar refractivity (Wildman–Crippen MR) is 127 cm³/mol. The first kappa shape index (κ1) is 24.6. The summed E-state index contributed by atoms with van der Waals surface area (Å²) >= 11 is 1.49. The number of rotatable bonds is 10. The van der Waals surface area contributed by atoms with Crippen molar-refractivity contribution in [1.29, 1.82) is 0 Å². The molecule has 0 bridgehead atoms. The molecule has 0 aromatic heterocycles. The molecule has 0 fully saturated rings. The van der Waals surface area contributed by atoms with Gasteiger partial charge in [-0.2, -0.15) is 0 Å². The lowest BCUT2D eigenvalue weighted by Gasteiger charge is -2.07. The number of ketones is 2. The molecular formula is C26H21NO6S. The number of amides is 2. The molecule has 34 heavy (non-hydrogen) atoms. The summed E-state index contributed by atoms with van der Waals surface area (Å²) in [7, 11) is 0. The SMILES string of the molecule is O=C(CCSc1ccccc1)NC(=O)COC(=O)c1ccc(C(=O)C(=O)c2ccccc2)cc1. The predicted octanol–water partition coefficient (Wildman–Crippen LogP) is 3.73. The lowest BCUT2D eigenvalue weighted by molar-refractivity contribution is -0.132. The fourth-order valence-electron chi connectivity index (χ4n) is 2.86. The summed E-state index contributed by atoms with van der Waals surface area (Å²) in [6, 6.07) is 23.0. The van der Waals surface area contributed by atoms with E-state index < -0.39 is 36.0 Å². The van der Waals surface area contributed by atoms with Crippen molar-refractivity contribution in [2.45, 2.75) is 11.3 Å². The Labute approximate surface area is 200 Å². The molecule has 7 nitrogen and oxygen atoms in total. The van der Waals surface area contributed by atoms with Gasteiger partial charge in [-0.05, 0) is 24.3 Å². The van der Waals surface area contributed by atoms with Crippen LogP contribution in [0.25, 0.3) is 0 Å². The Bertz CT molecular complexity index is 1180. The molecule has 0 spiro atoms. The van der Waals surface area contributed by atoms with E-state index in [-0.39, 0.29) is 23.1 Å². The highest BCUT2D eigenvalue weighted by Crippen LogP contribution is 2.17. The minimum absolute atomic E-state index is 0.0992. The summed E-state index contributed by atoms with van der Waals surface area (Å²) in [5.74, 6) is -2.84. The van der Waals surface area contributed by atoms with E-state index in [0.717, 1.165) is 4.90 Å². The Balaban J connectivity index is 1.42. The molecule has 0 aliphatic rings. The molecule has 0 heterocycles. The maximum absolute atomic E-state index is 12.3. The highest BCUT2D eigenvalue weighted by molar-refractivity contribution is 7.99. The second-order valence-electron chi connectivity index (χ2n) is 7.06. The van der Waals surface area contributed by atoms with Crippen molar-refractivity contribution in [3.63, 3.8) is 0 Å². The minimum Gasteiger partial charge on any atom is -0.452 e. The average Bonchev–Trinajstić information content (AvgIpc) is 2.87. The third-order valence-corrected chi connectivity index (χ3v) is 5.59. The molecule has 0 saturated carbocycles. The number of Topliss-reactive ketones (excluding diaryl/α,β-unsaturated/α-hetero) is 2. The van der Waals surface area contributed by atoms with Gasteiger partial charge in [-0.25, -0.2) is 4.79 Å². The van der Waals surface area contributed by atoms with Crippen LogP contribution in [0.3, 0.4) is 0 Å². The molecule has 2 amide bonds. The number of hydrogen-bond acceptors (Lipinski definition) is 7. The maximum Gasteiger partial charge on any atom is 0.338 e. The largest absolute Gasteiger partial charge is 0.452 e. The third-order valence-electron chi connectivity index (χ3n) is 4.58. The van der Waals surface area contributed by atoms with E-state index in [4.69, 9.17) is 4.74 Å². The van der Waals surface area contributed by atoms with Gasteiger partial charge in [0.2, 0.25) is 17.5 Å². The summed E-state index contributed by atoms with van der Waals surface area (Å²) in [6.45, 7) is -0.621. The van der Waals surface area contributed by atoms with E-state index in [9.17, 15) is 24.0 Å². The van der Waals surface area contributed by atoms with Crippen LogP contribution in [0, 0.1) is 0 Å². The lowest BCUT2D eigenvalue weighted by Crippen LogP contribution is -2.34. The molecule has 1 N–H and O–H groups in total. The lowest BCUT2D eigenvalue weighted by atomic mass is 10.0. The van der Waals surface area contributed by atoms with E-state index in [0.29, 0.717) is 5.75 Å². The molecule has 0 aliphatic carbocycles. The standard InChI is InChI=1S/C26H21NO6S/c28-22(15-16-34-21-9-5-2-6-10-21)27-23(29)17-33-26(32)20-13-11-19(12-14-20)25(31)24(30)18-7-3-1-4-8-18/h1-14H,15-17H2,(H,27,28,29). The quantitative estimate of drug-likeness (QED) is 0.206. The van der Waals surface area contributed by atoms with E-state index in [1.54, 1.807) is 30.3 Å². The Hall–Kier alpha value is -4.04. The molecule has 3 aromatic rings. The number of ether oxygens (including phenoxy) is 1. The van der Waals surface area contributed by atoms with Crippen molar-refractivity contribution >= 4 is 41.1 Å². The molecule has 0 radical (unpaired) electrons. The van der Waals surface area contributed by atoms with Crippen LogP contribution in [-0.2, 0) is 14.3 Å². The van der Waals surface area contributed by atoms with Crippen molar-refractivity contribution in [2.75, 3.05) is 12.4 Å². The van der Waals surface area contributed by atoms with Gasteiger partial charge in [-0.3, -0.25) is 24.5 Å². The summed E-state index contributed by atoms with van der Waals surface area (Å²) in [4.78, 5) is 61.5. The van der Waals surface area contributed by atoms with E-state index in [2.05, 4.69) is 5.32 Å². The van der Waals surface area contributed by atoms with Crippen LogP contribution in [0.5, 0.6) is 0 Å². The number of hydrogen-bond donors (Lipinski definition) is 1. The van der Waals surface area contributed by atoms with Crippen LogP contribution in [0.2, 0.25) is 0 Å². The molecule has 172 valence electrons. The van der Waals surface area contributed by atoms with Crippen molar-refractivity contribution in [3.05, 3.63) is 102 Å². The molecule has 3 rings (SSSR count). The number of thioether (sulfide) groups is 1. The fraction of sp³-hybridized carbons (Fsp3) is 0.115. The second kappa shape index (κ2) is 12.3. The summed E-state index contributed by atoms with van der Waals surface area (Å²) in [5.41, 5.74) is 0.499. The first-order chi connectivity index (χ1) is 16.4. The number of benzene rings is 3. The summed E-state index contributed by atoms with van der Waals surface area (Å²) < 4.78 is 4.92. The number of imide groups is 1. The first-order valence-electron chi connectivity index (χ1n) is 10.4. The van der Waals surface area contributed by atoms with Gasteiger partial charge in [0.15, 0.2) is 6.61 Å². The zero-order valence-corrected chi connectivity index (χ0v) is 18.9. The zero-order chi connectivity index (χ0) is 24.3. The molecule has 0 atom stereocenters. The monoisotopic (exact) mass is 475 g/mol. The van der Waals surface area contributed by atoms with Crippen molar-refractivity contribution in [3.8, 4) is 0 Å². The second-order valence-corrected chi connectivity index (χ2v) is 8.23. The van der Waals surface area contributed by atoms with Crippen molar-refractivity contribution in [1.82, 2.24) is 5.32 Å². The number of carbonyl (C=O) groups excluding carboxylic acids is 5. The van der Waals surface area contributed by atoms with Crippen LogP contribution in [0.1, 0.15) is 37.5 Å². The van der Waals surface area contributed by atoms with Crippen molar-refractivity contribution in [2.24, 2.45) is 0 Å². The van der Waals surface area contributed by atoms with Gasteiger partial charge < -0.3 is 4.74 Å². The van der Waals surface area contributed by atoms with Gasteiger partial charge in [-0.1, -0.05) is 60.7 Å². The zero-order valence-electron chi connectivity index (χ0n) is 18.1. The van der Waals surface area contributed by atoms with Gasteiger partial charge in [0.1, 0.15) is 0 Å². The van der Waals surface area contributed by atoms with Gasteiger partial charge in [0.25, 0.3) is 5.91 Å². The Kier molecular flexibility index (Phi) is 8.88. The molecule has 8 heteroatoms. The van der Waals surface area contributed by atoms with Gasteiger partial charge >= 0.3 is 5.97 Å². The summed E-state index contributed by atoms with van der Waals surface area (Å²) in [6.07, 6.45) is 0.135. The van der Waals surface area contributed by atoms with Crippen LogP contribution < -0.4 is 5.32 Å². The average molecular weight is 476 g/mol. The maximum atomic E-state index is 12.3. The van der Waals surface area contributed by atoms with Gasteiger partial charge in [0, 0.05) is 28.2 Å². The highest BCUT2D eigenvalue weighted by Gasteiger charge is 2.19. The Morgan fingerprint density at radius 2 is 1.18 bits per heavy atom. The fourth-order valence-corrected chi connectivity index (χ4v) is 3.73. The van der Waals surface area contributed by atoms with Crippen LogP contribution in [0.4, 0.5) is 0 Å². The highest BCUT2D eigenvalue weighted by atomic mass is 32.2. The Morgan fingerprint density at radius 1 is 0.647 bits per heavy atom. The smallest absolute Gasteiger partial charge is 0.338 e. The van der Waals surface area contributed by atoms with Crippen LogP contribution in [0.15, 0.2) is 89.8 Å². The van der Waals surface area contributed by atoms with Crippen LogP contribution in [-0.4, -0.2) is 41.7 Å². The van der Waals surface area contributed by atoms with E-state index in [1.807, 2.05) is 30.3 Å². The topological polar surface area (TPSA) is 107 Å². The normalized spacial score (nSPS) is 10.2. The molecule has 0 saturated heterocycles. The molecule has 0 aliphatic heterocycles. The number of nitrogens with one attached hydrogen (secondary N) is 1. The summed E-state index contributed by atoms with van der Waals surface area (Å²) in [5, 5.41) is 2.17. The third kappa shape index (κ3) is 7.25. The van der Waals surface area contributed by atoms with Crippen molar-refractivity contribution < 1.29 is 28.7 Å². The minimum atomic E-state index is -0.796. The first-order valence-corrected chi connectivity index (χ1v) is 11.3. The van der Waals surface area contributed by atoms with Gasteiger partial charge in [0.05, 0.1) is 5.56 Å². The van der Waals surface area contributed by atoms with E-state index in [1.165, 1.54) is 36.0 Å². The molecule has 0 unspecified atom stereocenters. The molecule has 3 aromatic carbocycles. The molecular weight excluding hydrogens is 454 g/mol. The van der Waals surface area contributed by atoms with Gasteiger partial charge in [-0.15, -0.1) is 11.8 Å². The number of carbonyl (C=O) groups is 5. The number of esters is 1.